The first-order chi connectivity index (χ1) is 10.4. The SMILES string of the molecule is COc1cc(NCc2cccnc2-n2ccnc2)ncn1. The summed E-state index contributed by atoms with van der Waals surface area (Å²) in [5.74, 6) is 2.05. The van der Waals surface area contributed by atoms with Crippen LogP contribution in [0.1, 0.15) is 5.56 Å². The van der Waals surface area contributed by atoms with Gasteiger partial charge in [0.1, 0.15) is 24.3 Å². The van der Waals surface area contributed by atoms with Crippen molar-refractivity contribution >= 4 is 5.82 Å². The maximum atomic E-state index is 5.07. The number of rotatable bonds is 5. The molecule has 0 bridgehead atoms. The zero-order valence-corrected chi connectivity index (χ0v) is 11.5. The Morgan fingerprint density at radius 1 is 1.24 bits per heavy atom. The van der Waals surface area contributed by atoms with E-state index in [0.29, 0.717) is 18.2 Å². The summed E-state index contributed by atoms with van der Waals surface area (Å²) in [5.41, 5.74) is 1.04. The summed E-state index contributed by atoms with van der Waals surface area (Å²) in [4.78, 5) is 16.6. The van der Waals surface area contributed by atoms with Crippen LogP contribution in [0.15, 0.2) is 49.4 Å². The molecular formula is C14H14N6O. The van der Waals surface area contributed by atoms with Gasteiger partial charge in [0.15, 0.2) is 0 Å². The normalized spacial score (nSPS) is 10.3. The van der Waals surface area contributed by atoms with E-state index < -0.39 is 0 Å². The standard InChI is InChI=1S/C14H14N6O/c1-21-13-7-12(18-9-19-13)17-8-11-3-2-4-16-14(11)20-6-5-15-10-20/h2-7,9-10H,8H2,1H3,(H,17,18,19). The van der Waals surface area contributed by atoms with Crippen molar-refractivity contribution in [2.24, 2.45) is 0 Å². The molecule has 3 aromatic rings. The van der Waals surface area contributed by atoms with E-state index in [-0.39, 0.29) is 0 Å². The van der Waals surface area contributed by atoms with Crippen LogP contribution in [0.5, 0.6) is 5.88 Å². The predicted molar refractivity (Wildman–Crippen MR) is 77.3 cm³/mol. The highest BCUT2D eigenvalue weighted by atomic mass is 16.5. The minimum absolute atomic E-state index is 0.522. The Morgan fingerprint density at radius 3 is 3.00 bits per heavy atom. The number of pyridine rings is 1. The summed E-state index contributed by atoms with van der Waals surface area (Å²) in [7, 11) is 1.57. The van der Waals surface area contributed by atoms with Crippen molar-refractivity contribution in [3.05, 3.63) is 55.0 Å². The molecule has 3 aromatic heterocycles. The van der Waals surface area contributed by atoms with E-state index >= 15 is 0 Å². The van der Waals surface area contributed by atoms with Crippen molar-refractivity contribution < 1.29 is 4.74 Å². The quantitative estimate of drug-likeness (QED) is 0.767. The van der Waals surface area contributed by atoms with Crippen molar-refractivity contribution in [3.8, 4) is 11.7 Å². The molecule has 0 aliphatic heterocycles. The molecule has 0 fully saturated rings. The average Bonchev–Trinajstić information content (AvgIpc) is 3.08. The van der Waals surface area contributed by atoms with Crippen molar-refractivity contribution in [2.45, 2.75) is 6.54 Å². The zero-order valence-electron chi connectivity index (χ0n) is 11.5. The van der Waals surface area contributed by atoms with E-state index in [0.717, 1.165) is 11.4 Å². The van der Waals surface area contributed by atoms with E-state index in [1.165, 1.54) is 6.33 Å². The van der Waals surface area contributed by atoms with Crippen LogP contribution in [0.4, 0.5) is 5.82 Å². The molecule has 7 heteroatoms. The maximum absolute atomic E-state index is 5.07. The Bertz CT molecular complexity index is 713. The van der Waals surface area contributed by atoms with Gasteiger partial charge in [0.2, 0.25) is 5.88 Å². The molecule has 3 rings (SSSR count). The largest absolute Gasteiger partial charge is 0.481 e. The second-order valence-electron chi connectivity index (χ2n) is 4.26. The van der Waals surface area contributed by atoms with Crippen LogP contribution in [0, 0.1) is 0 Å². The Labute approximate surface area is 121 Å². The molecule has 0 saturated carbocycles. The van der Waals surface area contributed by atoms with Crippen molar-refractivity contribution in [1.82, 2.24) is 24.5 Å². The van der Waals surface area contributed by atoms with Crippen molar-refractivity contribution in [1.29, 1.82) is 0 Å². The van der Waals surface area contributed by atoms with Gasteiger partial charge < -0.3 is 10.1 Å². The van der Waals surface area contributed by atoms with Gasteiger partial charge in [-0.15, -0.1) is 0 Å². The lowest BCUT2D eigenvalue weighted by Crippen LogP contribution is -2.07. The molecule has 0 aliphatic carbocycles. The number of nitrogens with zero attached hydrogens (tertiary/aromatic N) is 5. The third-order valence-corrected chi connectivity index (χ3v) is 2.93. The van der Waals surface area contributed by atoms with Crippen molar-refractivity contribution in [3.63, 3.8) is 0 Å². The van der Waals surface area contributed by atoms with Crippen LogP contribution in [-0.2, 0) is 6.54 Å². The molecular weight excluding hydrogens is 268 g/mol. The van der Waals surface area contributed by atoms with Crippen molar-refractivity contribution in [2.75, 3.05) is 12.4 Å². The van der Waals surface area contributed by atoms with Crippen LogP contribution < -0.4 is 10.1 Å². The third kappa shape index (κ3) is 2.97. The van der Waals surface area contributed by atoms with E-state index in [1.54, 1.807) is 31.9 Å². The Kier molecular flexibility index (Phi) is 3.72. The lowest BCUT2D eigenvalue weighted by molar-refractivity contribution is 0.397. The highest BCUT2D eigenvalue weighted by Gasteiger charge is 2.06. The molecule has 7 nitrogen and oxygen atoms in total. The summed E-state index contributed by atoms with van der Waals surface area (Å²) >= 11 is 0. The fourth-order valence-corrected chi connectivity index (χ4v) is 1.92. The highest BCUT2D eigenvalue weighted by Crippen LogP contribution is 2.15. The molecule has 0 spiro atoms. The fourth-order valence-electron chi connectivity index (χ4n) is 1.92. The second kappa shape index (κ2) is 6.00. The number of anilines is 1. The Balaban J connectivity index is 1.79. The third-order valence-electron chi connectivity index (χ3n) is 2.93. The van der Waals surface area contributed by atoms with Gasteiger partial charge in [0, 0.05) is 36.8 Å². The minimum atomic E-state index is 0.522. The van der Waals surface area contributed by atoms with Crippen LogP contribution in [0.2, 0.25) is 0 Å². The Hall–Kier alpha value is -2.96. The molecule has 1 N–H and O–H groups in total. The summed E-state index contributed by atoms with van der Waals surface area (Å²) in [6, 6.07) is 5.65. The van der Waals surface area contributed by atoms with Gasteiger partial charge in [0.05, 0.1) is 7.11 Å². The smallest absolute Gasteiger partial charge is 0.218 e. The molecule has 0 radical (unpaired) electrons. The number of hydrogen-bond acceptors (Lipinski definition) is 6. The van der Waals surface area contributed by atoms with Crippen LogP contribution >= 0.6 is 0 Å². The van der Waals surface area contributed by atoms with Crippen LogP contribution in [0.3, 0.4) is 0 Å². The first-order valence-corrected chi connectivity index (χ1v) is 6.39. The molecule has 0 amide bonds. The van der Waals surface area contributed by atoms with Gasteiger partial charge in [-0.2, -0.15) is 0 Å². The molecule has 3 heterocycles. The molecule has 0 aliphatic rings. The Morgan fingerprint density at radius 2 is 2.19 bits per heavy atom. The van der Waals surface area contributed by atoms with Gasteiger partial charge >= 0.3 is 0 Å². The number of aromatic nitrogens is 5. The van der Waals surface area contributed by atoms with Crippen LogP contribution in [0.25, 0.3) is 5.82 Å². The van der Waals surface area contributed by atoms with Gasteiger partial charge in [-0.05, 0) is 6.07 Å². The first kappa shape index (κ1) is 13.0. The maximum Gasteiger partial charge on any atom is 0.218 e. The summed E-state index contributed by atoms with van der Waals surface area (Å²) < 4.78 is 6.95. The van der Waals surface area contributed by atoms with E-state index in [9.17, 15) is 0 Å². The molecule has 0 unspecified atom stereocenters. The summed E-state index contributed by atoms with van der Waals surface area (Å²) in [5, 5.41) is 3.23. The zero-order chi connectivity index (χ0) is 14.5. The fraction of sp³-hybridized carbons (Fsp3) is 0.143. The van der Waals surface area contributed by atoms with E-state index in [4.69, 9.17) is 4.74 Å². The predicted octanol–water partition coefficient (Wildman–Crippen LogP) is 1.68. The first-order valence-electron chi connectivity index (χ1n) is 6.39. The van der Waals surface area contributed by atoms with Gasteiger partial charge in [-0.1, -0.05) is 6.07 Å². The topological polar surface area (TPSA) is 77.8 Å². The van der Waals surface area contributed by atoms with Crippen LogP contribution in [-0.4, -0.2) is 31.6 Å². The molecule has 106 valence electrons. The summed E-state index contributed by atoms with van der Waals surface area (Å²) in [6.07, 6.45) is 8.52. The lowest BCUT2D eigenvalue weighted by Gasteiger charge is -2.10. The number of methoxy groups -OCH3 is 1. The number of imidazole rings is 1. The van der Waals surface area contributed by atoms with Gasteiger partial charge in [0.25, 0.3) is 0 Å². The lowest BCUT2D eigenvalue weighted by atomic mass is 10.2. The molecule has 0 saturated heterocycles. The molecule has 0 aromatic carbocycles. The minimum Gasteiger partial charge on any atom is -0.481 e. The van der Waals surface area contributed by atoms with Gasteiger partial charge in [-0.3, -0.25) is 4.57 Å². The number of ether oxygens (including phenoxy) is 1. The number of nitrogens with one attached hydrogen (secondary N) is 1. The molecule has 0 atom stereocenters. The summed E-state index contributed by atoms with van der Waals surface area (Å²) in [6.45, 7) is 0.585. The van der Waals surface area contributed by atoms with E-state index in [1.807, 2.05) is 22.9 Å². The monoisotopic (exact) mass is 282 g/mol. The highest BCUT2D eigenvalue weighted by molar-refractivity contribution is 5.41. The van der Waals surface area contributed by atoms with E-state index in [2.05, 4.69) is 25.3 Å². The van der Waals surface area contributed by atoms with Gasteiger partial charge in [-0.25, -0.2) is 19.9 Å². The molecule has 21 heavy (non-hydrogen) atoms. The second-order valence-corrected chi connectivity index (χ2v) is 4.26. The average molecular weight is 282 g/mol. The number of hydrogen-bond donors (Lipinski definition) is 1.